The van der Waals surface area contributed by atoms with E-state index >= 15 is 0 Å². The third-order valence-corrected chi connectivity index (χ3v) is 3.61. The van der Waals surface area contributed by atoms with Crippen LogP contribution in [-0.2, 0) is 11.3 Å². The summed E-state index contributed by atoms with van der Waals surface area (Å²) in [5.41, 5.74) is 0.390. The van der Waals surface area contributed by atoms with Gasteiger partial charge < -0.3 is 14.4 Å². The molecule has 0 fully saturated rings. The van der Waals surface area contributed by atoms with Crippen molar-refractivity contribution in [3.63, 3.8) is 0 Å². The molecule has 0 amide bonds. The molecule has 0 aliphatic heterocycles. The van der Waals surface area contributed by atoms with Gasteiger partial charge in [-0.25, -0.2) is 13.8 Å². The van der Waals surface area contributed by atoms with Crippen molar-refractivity contribution in [1.82, 2.24) is 9.55 Å². The Kier molecular flexibility index (Phi) is 4.79. The number of aliphatic carboxylic acids is 1. The van der Waals surface area contributed by atoms with Crippen molar-refractivity contribution in [3.8, 4) is 5.75 Å². The smallest absolute Gasteiger partial charge is 0.313 e. The van der Waals surface area contributed by atoms with Crippen molar-refractivity contribution >= 4 is 17.7 Å². The Bertz CT molecular complexity index is 638. The number of methoxy groups -OCH3 is 1. The number of thioether (sulfide) groups is 1. The second-order valence-electron chi connectivity index (χ2n) is 4.11. The number of ether oxygens (including phenoxy) is 1. The van der Waals surface area contributed by atoms with Crippen LogP contribution in [0.5, 0.6) is 5.75 Å². The molecule has 21 heavy (non-hydrogen) atoms. The summed E-state index contributed by atoms with van der Waals surface area (Å²) in [4.78, 5) is 14.6. The summed E-state index contributed by atoms with van der Waals surface area (Å²) in [6, 6.07) is 2.35. The van der Waals surface area contributed by atoms with Gasteiger partial charge in [0.05, 0.1) is 12.9 Å². The number of carbonyl (C=O) groups is 1. The lowest BCUT2D eigenvalue weighted by atomic mass is 10.2. The third-order valence-electron chi connectivity index (χ3n) is 2.62. The van der Waals surface area contributed by atoms with Crippen molar-refractivity contribution in [3.05, 3.63) is 41.7 Å². The minimum atomic E-state index is -0.962. The SMILES string of the molecule is COc1c(F)cc(Cn2ccnc2SCC(=O)O)cc1F. The number of halogens is 2. The minimum absolute atomic E-state index is 0.137. The number of nitrogens with zero attached hydrogens (tertiary/aromatic N) is 2. The van der Waals surface area contributed by atoms with Gasteiger partial charge in [0.2, 0.25) is 0 Å². The van der Waals surface area contributed by atoms with E-state index < -0.39 is 23.4 Å². The Morgan fingerprint density at radius 2 is 2.10 bits per heavy atom. The summed E-state index contributed by atoms with van der Waals surface area (Å²) in [6.07, 6.45) is 3.12. The maximum atomic E-state index is 13.6. The van der Waals surface area contributed by atoms with Gasteiger partial charge in [0, 0.05) is 18.9 Å². The summed E-state index contributed by atoms with van der Waals surface area (Å²) in [5, 5.41) is 9.12. The van der Waals surface area contributed by atoms with Crippen molar-refractivity contribution in [2.75, 3.05) is 12.9 Å². The lowest BCUT2D eigenvalue weighted by Gasteiger charge is -2.09. The zero-order valence-electron chi connectivity index (χ0n) is 11.0. The van der Waals surface area contributed by atoms with Crippen LogP contribution in [-0.4, -0.2) is 33.5 Å². The molecule has 0 spiro atoms. The van der Waals surface area contributed by atoms with E-state index in [1.54, 1.807) is 10.8 Å². The van der Waals surface area contributed by atoms with Gasteiger partial charge in [-0.05, 0) is 17.7 Å². The van der Waals surface area contributed by atoms with E-state index in [1.165, 1.54) is 25.4 Å². The molecule has 0 aliphatic carbocycles. The van der Waals surface area contributed by atoms with Gasteiger partial charge in [0.1, 0.15) is 0 Å². The Hall–Kier alpha value is -2.09. The van der Waals surface area contributed by atoms with Gasteiger partial charge in [0.25, 0.3) is 0 Å². The number of benzene rings is 1. The number of imidazole rings is 1. The van der Waals surface area contributed by atoms with E-state index in [2.05, 4.69) is 9.72 Å². The fourth-order valence-electron chi connectivity index (χ4n) is 1.78. The molecule has 2 rings (SSSR count). The lowest BCUT2D eigenvalue weighted by Crippen LogP contribution is -2.05. The summed E-state index contributed by atoms with van der Waals surface area (Å²) in [5.74, 6) is -3.09. The highest BCUT2D eigenvalue weighted by Crippen LogP contribution is 2.24. The molecule has 0 bridgehead atoms. The molecule has 0 aliphatic rings. The van der Waals surface area contributed by atoms with E-state index in [1.807, 2.05) is 0 Å². The van der Waals surface area contributed by atoms with E-state index in [0.29, 0.717) is 10.7 Å². The number of hydrogen-bond donors (Lipinski definition) is 1. The predicted molar refractivity (Wildman–Crippen MR) is 72.6 cm³/mol. The number of aromatic nitrogens is 2. The first kappa shape index (κ1) is 15.3. The molecule has 0 saturated heterocycles. The van der Waals surface area contributed by atoms with Crippen LogP contribution in [0.2, 0.25) is 0 Å². The number of carboxylic acids is 1. The molecule has 0 saturated carbocycles. The Morgan fingerprint density at radius 3 is 2.67 bits per heavy atom. The summed E-state index contributed by atoms with van der Waals surface area (Å²) < 4.78 is 33.5. The molecule has 1 N–H and O–H groups in total. The molecule has 5 nitrogen and oxygen atoms in total. The summed E-state index contributed by atoms with van der Waals surface area (Å²) in [7, 11) is 1.19. The van der Waals surface area contributed by atoms with Gasteiger partial charge in [-0.1, -0.05) is 11.8 Å². The molecule has 8 heteroatoms. The average Bonchev–Trinajstić information content (AvgIpc) is 2.83. The largest absolute Gasteiger partial charge is 0.491 e. The highest BCUT2D eigenvalue weighted by atomic mass is 32.2. The lowest BCUT2D eigenvalue weighted by molar-refractivity contribution is -0.133. The molecule has 0 unspecified atom stereocenters. The highest BCUT2D eigenvalue weighted by molar-refractivity contribution is 7.99. The summed E-state index contributed by atoms with van der Waals surface area (Å²) in [6.45, 7) is 0.180. The van der Waals surface area contributed by atoms with Gasteiger partial charge in [0.15, 0.2) is 22.5 Å². The molecule has 1 aromatic carbocycles. The Balaban J connectivity index is 2.19. The Morgan fingerprint density at radius 1 is 1.43 bits per heavy atom. The first-order valence-electron chi connectivity index (χ1n) is 5.89. The van der Waals surface area contributed by atoms with Crippen LogP contribution in [0.3, 0.4) is 0 Å². The minimum Gasteiger partial charge on any atom is -0.491 e. The topological polar surface area (TPSA) is 64.4 Å². The zero-order valence-corrected chi connectivity index (χ0v) is 11.9. The van der Waals surface area contributed by atoms with Crippen LogP contribution < -0.4 is 4.74 Å². The van der Waals surface area contributed by atoms with Gasteiger partial charge >= 0.3 is 5.97 Å². The van der Waals surface area contributed by atoms with Crippen LogP contribution in [0.25, 0.3) is 0 Å². The maximum absolute atomic E-state index is 13.6. The average molecular weight is 314 g/mol. The van der Waals surface area contributed by atoms with Gasteiger partial charge in [-0.2, -0.15) is 0 Å². The number of hydrogen-bond acceptors (Lipinski definition) is 4. The van der Waals surface area contributed by atoms with E-state index in [9.17, 15) is 13.6 Å². The quantitative estimate of drug-likeness (QED) is 0.830. The predicted octanol–water partition coefficient (Wildman–Crippen LogP) is 2.39. The first-order valence-corrected chi connectivity index (χ1v) is 6.87. The zero-order chi connectivity index (χ0) is 15.4. The maximum Gasteiger partial charge on any atom is 0.313 e. The van der Waals surface area contributed by atoms with Crippen LogP contribution in [0.15, 0.2) is 29.7 Å². The first-order chi connectivity index (χ1) is 10.0. The van der Waals surface area contributed by atoms with Gasteiger partial charge in [-0.3, -0.25) is 4.79 Å². The molecular weight excluding hydrogens is 302 g/mol. The van der Waals surface area contributed by atoms with Gasteiger partial charge in [-0.15, -0.1) is 0 Å². The van der Waals surface area contributed by atoms with Crippen molar-refractivity contribution in [2.24, 2.45) is 0 Å². The van der Waals surface area contributed by atoms with Crippen LogP contribution >= 0.6 is 11.8 Å². The molecule has 2 aromatic rings. The molecule has 0 atom stereocenters. The molecule has 1 heterocycles. The van der Waals surface area contributed by atoms with E-state index in [-0.39, 0.29) is 12.3 Å². The molecule has 112 valence electrons. The molecule has 1 aromatic heterocycles. The van der Waals surface area contributed by atoms with Crippen LogP contribution in [0.4, 0.5) is 8.78 Å². The standard InChI is InChI=1S/C13H12F2N2O3S/c1-20-12-9(14)4-8(5-10(12)15)6-17-3-2-16-13(17)21-7-11(18)19/h2-5H,6-7H2,1H3,(H,18,19). The van der Waals surface area contributed by atoms with Crippen LogP contribution in [0, 0.1) is 11.6 Å². The molecule has 0 radical (unpaired) electrons. The van der Waals surface area contributed by atoms with Crippen molar-refractivity contribution in [2.45, 2.75) is 11.7 Å². The second-order valence-corrected chi connectivity index (χ2v) is 5.06. The van der Waals surface area contributed by atoms with E-state index in [0.717, 1.165) is 11.8 Å². The third kappa shape index (κ3) is 3.72. The number of carboxylic acid groups (broad SMARTS) is 1. The fourth-order valence-corrected chi connectivity index (χ4v) is 2.46. The monoisotopic (exact) mass is 314 g/mol. The van der Waals surface area contributed by atoms with E-state index in [4.69, 9.17) is 5.11 Å². The summed E-state index contributed by atoms with van der Waals surface area (Å²) >= 11 is 1.04. The molecular formula is C13H12F2N2O3S. The van der Waals surface area contributed by atoms with Crippen molar-refractivity contribution in [1.29, 1.82) is 0 Å². The highest BCUT2D eigenvalue weighted by Gasteiger charge is 2.13. The Labute approximate surface area is 123 Å². The normalized spacial score (nSPS) is 10.6. The fraction of sp³-hybridized carbons (Fsp3) is 0.231. The van der Waals surface area contributed by atoms with Crippen LogP contribution in [0.1, 0.15) is 5.56 Å². The second kappa shape index (κ2) is 6.57. The number of rotatable bonds is 6. The van der Waals surface area contributed by atoms with Crippen molar-refractivity contribution < 1.29 is 23.4 Å².